The van der Waals surface area contributed by atoms with Crippen LogP contribution in [0, 0.1) is 11.3 Å². The van der Waals surface area contributed by atoms with E-state index in [2.05, 4.69) is 4.98 Å². The molecule has 1 aromatic heterocycles. The van der Waals surface area contributed by atoms with E-state index < -0.39 is 0 Å². The van der Waals surface area contributed by atoms with Crippen molar-refractivity contribution < 1.29 is 9.47 Å². The highest BCUT2D eigenvalue weighted by atomic mass is 16.5. The molecule has 0 aliphatic carbocycles. The molecule has 90 valence electrons. The molecule has 1 aromatic carbocycles. The van der Waals surface area contributed by atoms with Crippen LogP contribution in [0.1, 0.15) is 11.3 Å². The van der Waals surface area contributed by atoms with E-state index in [4.69, 9.17) is 14.7 Å². The number of benzene rings is 1. The number of ether oxygens (including phenoxy) is 2. The van der Waals surface area contributed by atoms with Gasteiger partial charge in [-0.15, -0.1) is 0 Å². The Morgan fingerprint density at radius 1 is 1.17 bits per heavy atom. The number of rotatable bonds is 4. The molecule has 0 aliphatic rings. The van der Waals surface area contributed by atoms with Gasteiger partial charge in [-0.2, -0.15) is 10.2 Å². The van der Waals surface area contributed by atoms with E-state index in [-0.39, 0.29) is 5.69 Å². The second kappa shape index (κ2) is 5.69. The lowest BCUT2D eigenvalue weighted by molar-refractivity contribution is 0.292. The molecule has 0 saturated carbocycles. The van der Waals surface area contributed by atoms with Gasteiger partial charge in [0.15, 0.2) is 11.4 Å². The van der Waals surface area contributed by atoms with Crippen molar-refractivity contribution in [1.29, 1.82) is 5.26 Å². The highest BCUT2D eigenvalue weighted by Crippen LogP contribution is 2.19. The van der Waals surface area contributed by atoms with Gasteiger partial charge in [0.05, 0.1) is 7.11 Å². The molecule has 0 aliphatic heterocycles. The summed E-state index contributed by atoms with van der Waals surface area (Å²) in [6.45, 7) is 0.422. The van der Waals surface area contributed by atoms with E-state index in [0.29, 0.717) is 18.2 Å². The van der Waals surface area contributed by atoms with Gasteiger partial charge in [-0.25, -0.2) is 0 Å². The first-order valence-electron chi connectivity index (χ1n) is 5.45. The molecule has 0 spiro atoms. The van der Waals surface area contributed by atoms with E-state index >= 15 is 0 Å². The van der Waals surface area contributed by atoms with Crippen LogP contribution < -0.4 is 9.47 Å². The third-order valence-electron chi connectivity index (χ3n) is 2.39. The SMILES string of the molecule is COc1ccc(OCc2ccccc2)nc1C#N. The van der Waals surface area contributed by atoms with Gasteiger partial charge in [-0.05, 0) is 11.6 Å². The standard InChI is InChI=1S/C14H12N2O2/c1-17-13-7-8-14(16-12(13)9-15)18-10-11-5-3-2-4-6-11/h2-8H,10H2,1H3. The fourth-order valence-electron chi connectivity index (χ4n) is 1.49. The maximum atomic E-state index is 8.91. The molecule has 0 atom stereocenters. The van der Waals surface area contributed by atoms with Crippen molar-refractivity contribution in [3.05, 3.63) is 53.7 Å². The summed E-state index contributed by atoms with van der Waals surface area (Å²) in [7, 11) is 1.50. The van der Waals surface area contributed by atoms with Gasteiger partial charge in [-0.1, -0.05) is 30.3 Å². The number of nitriles is 1. The second-order valence-corrected chi connectivity index (χ2v) is 3.59. The smallest absolute Gasteiger partial charge is 0.215 e. The van der Waals surface area contributed by atoms with Crippen LogP contribution in [0.5, 0.6) is 11.6 Å². The molecule has 0 saturated heterocycles. The van der Waals surface area contributed by atoms with Gasteiger partial charge >= 0.3 is 0 Å². The summed E-state index contributed by atoms with van der Waals surface area (Å²) < 4.78 is 10.5. The summed E-state index contributed by atoms with van der Waals surface area (Å²) in [6.07, 6.45) is 0. The summed E-state index contributed by atoms with van der Waals surface area (Å²) >= 11 is 0. The minimum atomic E-state index is 0.225. The first-order valence-corrected chi connectivity index (χ1v) is 5.45. The third kappa shape index (κ3) is 2.77. The first-order chi connectivity index (χ1) is 8.83. The van der Waals surface area contributed by atoms with Crippen molar-refractivity contribution in [2.75, 3.05) is 7.11 Å². The Morgan fingerprint density at radius 2 is 1.94 bits per heavy atom. The van der Waals surface area contributed by atoms with E-state index in [1.54, 1.807) is 12.1 Å². The van der Waals surface area contributed by atoms with Gasteiger partial charge in [0, 0.05) is 6.07 Å². The Labute approximate surface area is 105 Å². The molecule has 4 heteroatoms. The van der Waals surface area contributed by atoms with Crippen LogP contribution in [0.4, 0.5) is 0 Å². The molecule has 0 radical (unpaired) electrons. The van der Waals surface area contributed by atoms with E-state index in [1.807, 2.05) is 36.4 Å². The Bertz CT molecular complexity index is 562. The molecule has 0 fully saturated rings. The molecule has 0 N–H and O–H groups in total. The van der Waals surface area contributed by atoms with Gasteiger partial charge in [0.25, 0.3) is 0 Å². The summed E-state index contributed by atoms with van der Waals surface area (Å²) in [5.74, 6) is 0.862. The normalized spacial score (nSPS) is 9.56. The molecule has 2 aromatic rings. The summed E-state index contributed by atoms with van der Waals surface area (Å²) in [6, 6.07) is 15.1. The summed E-state index contributed by atoms with van der Waals surface area (Å²) in [4.78, 5) is 4.07. The maximum absolute atomic E-state index is 8.91. The number of aromatic nitrogens is 1. The molecular formula is C14H12N2O2. The lowest BCUT2D eigenvalue weighted by Gasteiger charge is -2.07. The van der Waals surface area contributed by atoms with E-state index in [1.165, 1.54) is 7.11 Å². The lowest BCUT2D eigenvalue weighted by atomic mass is 10.2. The van der Waals surface area contributed by atoms with Crippen molar-refractivity contribution >= 4 is 0 Å². The summed E-state index contributed by atoms with van der Waals surface area (Å²) in [5.41, 5.74) is 1.27. The predicted molar refractivity (Wildman–Crippen MR) is 66.3 cm³/mol. The number of nitrogens with zero attached hydrogens (tertiary/aromatic N) is 2. The molecule has 2 rings (SSSR count). The quantitative estimate of drug-likeness (QED) is 0.824. The van der Waals surface area contributed by atoms with Crippen molar-refractivity contribution in [3.63, 3.8) is 0 Å². The van der Waals surface area contributed by atoms with E-state index in [0.717, 1.165) is 5.56 Å². The Balaban J connectivity index is 2.09. The third-order valence-corrected chi connectivity index (χ3v) is 2.39. The van der Waals surface area contributed by atoms with Crippen LogP contribution in [0.15, 0.2) is 42.5 Å². The Morgan fingerprint density at radius 3 is 2.61 bits per heavy atom. The maximum Gasteiger partial charge on any atom is 0.215 e. The molecule has 18 heavy (non-hydrogen) atoms. The van der Waals surface area contributed by atoms with Crippen LogP contribution in [0.2, 0.25) is 0 Å². The minimum absolute atomic E-state index is 0.225. The van der Waals surface area contributed by atoms with Gasteiger partial charge in [0.2, 0.25) is 5.88 Å². The lowest BCUT2D eigenvalue weighted by Crippen LogP contribution is -1.99. The van der Waals surface area contributed by atoms with Crippen LogP contribution >= 0.6 is 0 Å². The highest BCUT2D eigenvalue weighted by Gasteiger charge is 2.06. The van der Waals surface area contributed by atoms with Crippen molar-refractivity contribution in [2.45, 2.75) is 6.61 Å². The fourth-order valence-corrected chi connectivity index (χ4v) is 1.49. The molecule has 0 bridgehead atoms. The highest BCUT2D eigenvalue weighted by molar-refractivity contribution is 5.39. The monoisotopic (exact) mass is 240 g/mol. The number of hydrogen-bond donors (Lipinski definition) is 0. The van der Waals surface area contributed by atoms with Gasteiger partial charge in [0.1, 0.15) is 12.7 Å². The Kier molecular flexibility index (Phi) is 3.77. The largest absolute Gasteiger partial charge is 0.494 e. The first kappa shape index (κ1) is 11.9. The molecule has 0 unspecified atom stereocenters. The van der Waals surface area contributed by atoms with Gasteiger partial charge < -0.3 is 9.47 Å². The number of hydrogen-bond acceptors (Lipinski definition) is 4. The number of pyridine rings is 1. The molecule has 0 amide bonds. The van der Waals surface area contributed by atoms with Crippen LogP contribution in [-0.2, 0) is 6.61 Å². The molecular weight excluding hydrogens is 228 g/mol. The minimum Gasteiger partial charge on any atom is -0.494 e. The zero-order valence-electron chi connectivity index (χ0n) is 9.96. The van der Waals surface area contributed by atoms with Crippen molar-refractivity contribution in [1.82, 2.24) is 4.98 Å². The fraction of sp³-hybridized carbons (Fsp3) is 0.143. The second-order valence-electron chi connectivity index (χ2n) is 3.59. The average molecular weight is 240 g/mol. The van der Waals surface area contributed by atoms with Crippen molar-refractivity contribution in [2.24, 2.45) is 0 Å². The summed E-state index contributed by atoms with van der Waals surface area (Å²) in [5, 5.41) is 8.91. The van der Waals surface area contributed by atoms with Crippen LogP contribution in [0.3, 0.4) is 0 Å². The zero-order valence-corrected chi connectivity index (χ0v) is 9.96. The predicted octanol–water partition coefficient (Wildman–Crippen LogP) is 2.54. The van der Waals surface area contributed by atoms with Crippen molar-refractivity contribution in [3.8, 4) is 17.7 Å². The van der Waals surface area contributed by atoms with Crippen LogP contribution in [-0.4, -0.2) is 12.1 Å². The molecule has 4 nitrogen and oxygen atoms in total. The number of methoxy groups -OCH3 is 1. The van der Waals surface area contributed by atoms with Gasteiger partial charge in [-0.3, -0.25) is 0 Å². The average Bonchev–Trinajstić information content (AvgIpc) is 2.45. The van der Waals surface area contributed by atoms with E-state index in [9.17, 15) is 0 Å². The topological polar surface area (TPSA) is 55.1 Å². The molecule has 1 heterocycles. The van der Waals surface area contributed by atoms with Crippen LogP contribution in [0.25, 0.3) is 0 Å². The Hall–Kier alpha value is -2.54. The zero-order chi connectivity index (χ0) is 12.8.